The maximum absolute atomic E-state index is 12.7. The van der Waals surface area contributed by atoms with Crippen molar-refractivity contribution in [3.63, 3.8) is 0 Å². The van der Waals surface area contributed by atoms with E-state index >= 15 is 0 Å². The molecule has 2 N–H and O–H groups in total. The third-order valence-corrected chi connectivity index (χ3v) is 3.80. The van der Waals surface area contributed by atoms with Gasteiger partial charge in [0.25, 0.3) is 5.91 Å². The van der Waals surface area contributed by atoms with Crippen molar-refractivity contribution in [2.24, 2.45) is 13.0 Å². The number of anilines is 1. The quantitative estimate of drug-likeness (QED) is 0.809. The highest BCUT2D eigenvalue weighted by Crippen LogP contribution is 2.20. The summed E-state index contributed by atoms with van der Waals surface area (Å²) >= 11 is 0. The molecule has 134 valence electrons. The van der Waals surface area contributed by atoms with Crippen molar-refractivity contribution < 1.29 is 9.59 Å². The molecule has 0 aliphatic rings. The summed E-state index contributed by atoms with van der Waals surface area (Å²) in [4.78, 5) is 28.5. The van der Waals surface area contributed by atoms with Crippen molar-refractivity contribution in [3.8, 4) is 0 Å². The fourth-order valence-electron chi connectivity index (χ4n) is 2.55. The van der Waals surface area contributed by atoms with E-state index in [1.54, 1.807) is 35.9 Å². The molecule has 0 fully saturated rings. The SMILES string of the molecule is CCC(=O)Nc1cccc(C(=O)N[C@H](CC(C)C)c2ncnn2C)c1. The highest BCUT2D eigenvalue weighted by atomic mass is 16.2. The summed E-state index contributed by atoms with van der Waals surface area (Å²) in [5.41, 5.74) is 1.10. The molecule has 0 saturated carbocycles. The van der Waals surface area contributed by atoms with Crippen LogP contribution in [0.25, 0.3) is 0 Å². The first-order valence-corrected chi connectivity index (χ1v) is 8.45. The van der Waals surface area contributed by atoms with E-state index in [0.717, 1.165) is 12.2 Å². The topological polar surface area (TPSA) is 88.9 Å². The van der Waals surface area contributed by atoms with Crippen molar-refractivity contribution in [3.05, 3.63) is 42.0 Å². The molecule has 2 rings (SSSR count). The highest BCUT2D eigenvalue weighted by Gasteiger charge is 2.21. The van der Waals surface area contributed by atoms with Crippen molar-refractivity contribution in [1.29, 1.82) is 0 Å². The van der Waals surface area contributed by atoms with Crippen LogP contribution in [0, 0.1) is 5.92 Å². The molecule has 7 nitrogen and oxygen atoms in total. The maximum atomic E-state index is 12.7. The van der Waals surface area contributed by atoms with Crippen molar-refractivity contribution in [2.45, 2.75) is 39.7 Å². The van der Waals surface area contributed by atoms with Gasteiger partial charge in [-0.05, 0) is 30.5 Å². The van der Waals surface area contributed by atoms with Crippen LogP contribution >= 0.6 is 0 Å². The first-order chi connectivity index (χ1) is 11.9. The molecule has 1 heterocycles. The normalized spacial score (nSPS) is 12.0. The zero-order valence-corrected chi connectivity index (χ0v) is 15.1. The number of aromatic nitrogens is 3. The number of hydrogen-bond acceptors (Lipinski definition) is 4. The van der Waals surface area contributed by atoms with E-state index in [9.17, 15) is 9.59 Å². The molecule has 1 aromatic carbocycles. The second-order valence-electron chi connectivity index (χ2n) is 6.38. The molecule has 1 aromatic heterocycles. The monoisotopic (exact) mass is 343 g/mol. The van der Waals surface area contributed by atoms with Gasteiger partial charge in [0.2, 0.25) is 5.91 Å². The molecular weight excluding hydrogens is 318 g/mol. The van der Waals surface area contributed by atoms with Crippen LogP contribution in [-0.4, -0.2) is 26.6 Å². The smallest absolute Gasteiger partial charge is 0.251 e. The summed E-state index contributed by atoms with van der Waals surface area (Å²) in [6.45, 7) is 5.97. The molecule has 0 unspecified atom stereocenters. The molecule has 0 aliphatic heterocycles. The van der Waals surface area contributed by atoms with Gasteiger partial charge < -0.3 is 10.6 Å². The van der Waals surface area contributed by atoms with Gasteiger partial charge in [-0.1, -0.05) is 26.8 Å². The first-order valence-electron chi connectivity index (χ1n) is 8.45. The number of benzene rings is 1. The lowest BCUT2D eigenvalue weighted by molar-refractivity contribution is -0.115. The maximum Gasteiger partial charge on any atom is 0.251 e. The molecule has 7 heteroatoms. The number of carbonyl (C=O) groups excluding carboxylic acids is 2. The Morgan fingerprint density at radius 1 is 1.28 bits per heavy atom. The standard InChI is InChI=1S/C18H25N5O2/c1-5-16(24)21-14-8-6-7-13(10-14)18(25)22-15(9-12(2)3)17-19-11-20-23(17)4/h6-8,10-12,15H,5,9H2,1-4H3,(H,21,24)(H,22,25)/t15-/m1/s1. The number of rotatable bonds is 7. The molecule has 2 amide bonds. The van der Waals surface area contributed by atoms with Gasteiger partial charge in [-0.15, -0.1) is 0 Å². The van der Waals surface area contributed by atoms with Crippen LogP contribution in [0.2, 0.25) is 0 Å². The predicted molar refractivity (Wildman–Crippen MR) is 96.0 cm³/mol. The van der Waals surface area contributed by atoms with Gasteiger partial charge in [-0.3, -0.25) is 14.3 Å². The number of nitrogens with zero attached hydrogens (tertiary/aromatic N) is 3. The minimum absolute atomic E-state index is 0.0886. The van der Waals surface area contributed by atoms with Crippen LogP contribution in [0.3, 0.4) is 0 Å². The molecule has 2 aromatic rings. The molecule has 0 spiro atoms. The lowest BCUT2D eigenvalue weighted by atomic mass is 10.0. The minimum Gasteiger partial charge on any atom is -0.342 e. The van der Waals surface area contributed by atoms with E-state index in [1.807, 2.05) is 7.05 Å². The molecule has 25 heavy (non-hydrogen) atoms. The average molecular weight is 343 g/mol. The van der Waals surface area contributed by atoms with Crippen LogP contribution in [-0.2, 0) is 11.8 Å². The lowest BCUT2D eigenvalue weighted by Crippen LogP contribution is -2.31. The van der Waals surface area contributed by atoms with E-state index in [0.29, 0.717) is 23.6 Å². The third kappa shape index (κ3) is 5.14. The number of nitrogens with one attached hydrogen (secondary N) is 2. The van der Waals surface area contributed by atoms with Crippen LogP contribution in [0.15, 0.2) is 30.6 Å². The number of carbonyl (C=O) groups is 2. The third-order valence-electron chi connectivity index (χ3n) is 3.80. The summed E-state index contributed by atoms with van der Waals surface area (Å²) in [6.07, 6.45) is 2.62. The molecule has 0 aliphatic carbocycles. The van der Waals surface area contributed by atoms with Gasteiger partial charge in [0.05, 0.1) is 6.04 Å². The fraction of sp³-hybridized carbons (Fsp3) is 0.444. The molecule has 1 atom stereocenters. The van der Waals surface area contributed by atoms with Gasteiger partial charge in [0.15, 0.2) is 0 Å². The Bertz CT molecular complexity index is 739. The Kier molecular flexibility index (Phi) is 6.27. The lowest BCUT2D eigenvalue weighted by Gasteiger charge is -2.20. The van der Waals surface area contributed by atoms with Gasteiger partial charge in [0, 0.05) is 24.7 Å². The fourth-order valence-corrected chi connectivity index (χ4v) is 2.55. The Labute approximate surface area is 147 Å². The van der Waals surface area contributed by atoms with E-state index < -0.39 is 0 Å². The van der Waals surface area contributed by atoms with E-state index in [2.05, 4.69) is 34.6 Å². The van der Waals surface area contributed by atoms with Gasteiger partial charge in [-0.2, -0.15) is 5.10 Å². The Hall–Kier alpha value is -2.70. The highest BCUT2D eigenvalue weighted by molar-refractivity contribution is 5.97. The van der Waals surface area contributed by atoms with Crippen molar-refractivity contribution >= 4 is 17.5 Å². The summed E-state index contributed by atoms with van der Waals surface area (Å²) in [5.74, 6) is 0.810. The summed E-state index contributed by atoms with van der Waals surface area (Å²) in [5, 5.41) is 9.88. The second-order valence-corrected chi connectivity index (χ2v) is 6.38. The molecule has 0 bridgehead atoms. The van der Waals surface area contributed by atoms with Crippen LogP contribution in [0.1, 0.15) is 55.8 Å². The van der Waals surface area contributed by atoms with E-state index in [1.165, 1.54) is 6.33 Å². The van der Waals surface area contributed by atoms with Gasteiger partial charge in [-0.25, -0.2) is 4.98 Å². The number of hydrogen-bond donors (Lipinski definition) is 2. The molecule has 0 radical (unpaired) electrons. The first kappa shape index (κ1) is 18.6. The van der Waals surface area contributed by atoms with Gasteiger partial charge >= 0.3 is 0 Å². The van der Waals surface area contributed by atoms with Crippen LogP contribution in [0.5, 0.6) is 0 Å². The summed E-state index contributed by atoms with van der Waals surface area (Å²) < 4.78 is 1.67. The van der Waals surface area contributed by atoms with Crippen molar-refractivity contribution in [1.82, 2.24) is 20.1 Å². The second kappa shape index (κ2) is 8.41. The predicted octanol–water partition coefficient (Wildman–Crippen LogP) is 2.68. The Morgan fingerprint density at radius 3 is 2.64 bits per heavy atom. The van der Waals surface area contributed by atoms with Crippen LogP contribution < -0.4 is 10.6 Å². The van der Waals surface area contributed by atoms with E-state index in [-0.39, 0.29) is 17.9 Å². The zero-order valence-electron chi connectivity index (χ0n) is 15.1. The number of amides is 2. The Morgan fingerprint density at radius 2 is 2.04 bits per heavy atom. The van der Waals surface area contributed by atoms with Crippen molar-refractivity contribution in [2.75, 3.05) is 5.32 Å². The Balaban J connectivity index is 2.16. The van der Waals surface area contributed by atoms with Crippen LogP contribution in [0.4, 0.5) is 5.69 Å². The summed E-state index contributed by atoms with van der Waals surface area (Å²) in [6, 6.07) is 6.68. The number of aryl methyl sites for hydroxylation is 1. The van der Waals surface area contributed by atoms with E-state index in [4.69, 9.17) is 0 Å². The minimum atomic E-state index is -0.228. The average Bonchev–Trinajstić information content (AvgIpc) is 3.00. The summed E-state index contributed by atoms with van der Waals surface area (Å²) in [7, 11) is 1.81. The molecule has 0 saturated heterocycles. The largest absolute Gasteiger partial charge is 0.342 e. The van der Waals surface area contributed by atoms with Gasteiger partial charge in [0.1, 0.15) is 12.2 Å². The zero-order chi connectivity index (χ0) is 18.4. The molecular formula is C18H25N5O2.